The molecule has 3 N–H and O–H groups in total. The van der Waals surface area contributed by atoms with Crippen LogP contribution in [0.15, 0.2) is 67.1 Å². The number of nitrogens with one attached hydrogen (secondary N) is 1. The molecular formula is C32H27F4N5O4. The highest BCUT2D eigenvalue weighted by Gasteiger charge is 2.47. The average Bonchev–Trinajstić information content (AvgIpc) is 3.77. The number of nitrogens with two attached hydrogens (primary N) is 1. The number of ether oxygens (including phenoxy) is 2. The molecule has 9 nitrogen and oxygen atoms in total. The molecule has 4 aromatic rings. The zero-order chi connectivity index (χ0) is 31.9. The highest BCUT2D eigenvalue weighted by atomic mass is 19.4. The van der Waals surface area contributed by atoms with Gasteiger partial charge in [-0.3, -0.25) is 9.59 Å². The van der Waals surface area contributed by atoms with Gasteiger partial charge in [-0.2, -0.15) is 13.2 Å². The number of primary amides is 1. The van der Waals surface area contributed by atoms with Crippen LogP contribution in [-0.2, 0) is 10.2 Å². The first-order valence-electron chi connectivity index (χ1n) is 14.1. The molecule has 6 rings (SSSR count). The Hall–Kier alpha value is -5.07. The molecule has 2 aliphatic rings. The van der Waals surface area contributed by atoms with E-state index in [1.54, 1.807) is 18.3 Å². The van der Waals surface area contributed by atoms with Crippen molar-refractivity contribution in [1.82, 2.24) is 20.3 Å². The van der Waals surface area contributed by atoms with Crippen LogP contribution in [-0.4, -0.2) is 52.2 Å². The molecule has 45 heavy (non-hydrogen) atoms. The Labute approximate surface area is 254 Å². The predicted octanol–water partition coefficient (Wildman–Crippen LogP) is 5.10. The van der Waals surface area contributed by atoms with Gasteiger partial charge in [0.25, 0.3) is 5.91 Å². The van der Waals surface area contributed by atoms with Gasteiger partial charge < -0.3 is 20.5 Å². The Balaban J connectivity index is 1.33. The Morgan fingerprint density at radius 2 is 1.89 bits per heavy atom. The number of carbonyl (C=O) groups excluding carboxylic acids is 2. The minimum Gasteiger partial charge on any atom is -0.490 e. The maximum Gasteiger partial charge on any atom is 0.398 e. The fourth-order valence-electron chi connectivity index (χ4n) is 5.06. The molecule has 2 aromatic carbocycles. The monoisotopic (exact) mass is 621 g/mol. The largest absolute Gasteiger partial charge is 0.490 e. The summed E-state index contributed by atoms with van der Waals surface area (Å²) in [5.41, 5.74) is 5.41. The fraction of sp³-hybridized carbons (Fsp3) is 0.281. The van der Waals surface area contributed by atoms with Gasteiger partial charge in [0, 0.05) is 35.0 Å². The standard InChI is InChI=1S/C32H27F4N5O4/c1-31(30(37)43)15-44-28-22(31)13-25(41-27(28)17-2-5-19(33)6-3-17)23(32(34,35)36)14-39-29(42)18-4-9-21(24-10-11-38-16-40-24)26(12-18)45-20-7-8-20/h2-6,9-13,16,20,23H,7-8,14-15H2,1H3,(H2,37,43)(H,39,42)/t23?,31-/m0/s1. The molecule has 2 amide bonds. The number of hydrogen-bond donors (Lipinski definition) is 2. The van der Waals surface area contributed by atoms with E-state index in [4.69, 9.17) is 15.2 Å². The predicted molar refractivity (Wildman–Crippen MR) is 154 cm³/mol. The summed E-state index contributed by atoms with van der Waals surface area (Å²) in [6, 6.07) is 12.4. The lowest BCUT2D eigenvalue weighted by molar-refractivity contribution is -0.149. The average molecular weight is 622 g/mol. The first-order valence-corrected chi connectivity index (χ1v) is 14.1. The van der Waals surface area contributed by atoms with Crippen LogP contribution in [0.3, 0.4) is 0 Å². The molecule has 1 aliphatic carbocycles. The van der Waals surface area contributed by atoms with Crippen LogP contribution in [0.25, 0.3) is 22.5 Å². The van der Waals surface area contributed by atoms with E-state index in [1.807, 2.05) is 0 Å². The van der Waals surface area contributed by atoms with E-state index in [0.717, 1.165) is 31.0 Å². The molecular weight excluding hydrogens is 594 g/mol. The van der Waals surface area contributed by atoms with Gasteiger partial charge in [0.1, 0.15) is 47.3 Å². The van der Waals surface area contributed by atoms with Gasteiger partial charge in [-0.05, 0) is 74.4 Å². The summed E-state index contributed by atoms with van der Waals surface area (Å²) in [7, 11) is 0. The highest BCUT2D eigenvalue weighted by molar-refractivity contribution is 5.95. The molecule has 232 valence electrons. The summed E-state index contributed by atoms with van der Waals surface area (Å²) >= 11 is 0. The van der Waals surface area contributed by atoms with E-state index in [9.17, 15) is 27.2 Å². The summed E-state index contributed by atoms with van der Waals surface area (Å²) in [5, 5.41) is 2.38. The maximum absolute atomic E-state index is 14.6. The third-order valence-corrected chi connectivity index (χ3v) is 7.89. The summed E-state index contributed by atoms with van der Waals surface area (Å²) in [6.45, 7) is 0.397. The molecule has 2 atom stereocenters. The number of benzene rings is 2. The number of amides is 2. The van der Waals surface area contributed by atoms with Crippen LogP contribution in [0.2, 0.25) is 0 Å². The number of fused-ring (bicyclic) bond motifs is 1. The molecule has 0 radical (unpaired) electrons. The Bertz CT molecular complexity index is 1760. The molecule has 0 saturated heterocycles. The number of carbonyl (C=O) groups is 2. The minimum atomic E-state index is -4.85. The maximum atomic E-state index is 14.6. The van der Waals surface area contributed by atoms with Crippen LogP contribution < -0.4 is 20.5 Å². The van der Waals surface area contributed by atoms with Crippen molar-refractivity contribution in [3.05, 3.63) is 89.8 Å². The molecule has 1 unspecified atom stereocenters. The van der Waals surface area contributed by atoms with Gasteiger partial charge in [0.2, 0.25) is 5.91 Å². The van der Waals surface area contributed by atoms with Gasteiger partial charge in [-0.1, -0.05) is 0 Å². The first-order chi connectivity index (χ1) is 21.4. The lowest BCUT2D eigenvalue weighted by Gasteiger charge is -2.24. The van der Waals surface area contributed by atoms with Gasteiger partial charge in [0.15, 0.2) is 0 Å². The van der Waals surface area contributed by atoms with E-state index in [-0.39, 0.29) is 40.8 Å². The quantitative estimate of drug-likeness (QED) is 0.249. The smallest absolute Gasteiger partial charge is 0.398 e. The lowest BCUT2D eigenvalue weighted by Crippen LogP contribution is -2.40. The molecule has 3 heterocycles. The third kappa shape index (κ3) is 6.02. The molecule has 13 heteroatoms. The fourth-order valence-corrected chi connectivity index (χ4v) is 5.06. The number of hydrogen-bond acceptors (Lipinski definition) is 7. The molecule has 0 spiro atoms. The van der Waals surface area contributed by atoms with Crippen molar-refractivity contribution in [2.45, 2.75) is 43.4 Å². The van der Waals surface area contributed by atoms with Crippen molar-refractivity contribution in [1.29, 1.82) is 0 Å². The van der Waals surface area contributed by atoms with Gasteiger partial charge in [-0.15, -0.1) is 0 Å². The summed E-state index contributed by atoms with van der Waals surface area (Å²) < 4.78 is 69.2. The molecule has 1 aliphatic heterocycles. The second-order valence-electron chi connectivity index (χ2n) is 11.2. The van der Waals surface area contributed by atoms with Gasteiger partial charge in [0.05, 0.1) is 17.5 Å². The van der Waals surface area contributed by atoms with E-state index in [2.05, 4.69) is 20.3 Å². The second kappa shape index (κ2) is 11.5. The lowest BCUT2D eigenvalue weighted by atomic mass is 9.82. The van der Waals surface area contributed by atoms with E-state index in [1.165, 1.54) is 37.5 Å². The van der Waals surface area contributed by atoms with Crippen molar-refractivity contribution in [2.75, 3.05) is 13.2 Å². The normalized spacial score (nSPS) is 18.1. The second-order valence-corrected chi connectivity index (χ2v) is 11.2. The van der Waals surface area contributed by atoms with Crippen LogP contribution in [0.1, 0.15) is 47.3 Å². The SMILES string of the molecule is C[C@]1(C(N)=O)COc2c1cc(C(CNC(=O)c1ccc(-c3ccncn3)c(OC3CC3)c1)C(F)(F)F)nc2-c1ccc(F)cc1. The zero-order valence-corrected chi connectivity index (χ0v) is 23.9. The molecule has 2 aromatic heterocycles. The van der Waals surface area contributed by atoms with Gasteiger partial charge >= 0.3 is 6.18 Å². The number of alkyl halides is 3. The number of pyridine rings is 1. The van der Waals surface area contributed by atoms with Crippen molar-refractivity contribution in [2.24, 2.45) is 5.73 Å². The van der Waals surface area contributed by atoms with E-state index >= 15 is 0 Å². The Kier molecular flexibility index (Phi) is 7.63. The highest BCUT2D eigenvalue weighted by Crippen LogP contribution is 2.46. The van der Waals surface area contributed by atoms with Crippen LogP contribution in [0.5, 0.6) is 11.5 Å². The van der Waals surface area contributed by atoms with Crippen LogP contribution >= 0.6 is 0 Å². The first kappa shape index (κ1) is 30.0. The minimum absolute atomic E-state index is 0.00442. The van der Waals surface area contributed by atoms with Crippen molar-refractivity contribution in [3.63, 3.8) is 0 Å². The summed E-state index contributed by atoms with van der Waals surface area (Å²) in [6.07, 6.45) is -0.237. The summed E-state index contributed by atoms with van der Waals surface area (Å²) in [4.78, 5) is 38.1. The van der Waals surface area contributed by atoms with Crippen molar-refractivity contribution in [3.8, 4) is 34.0 Å². The van der Waals surface area contributed by atoms with Gasteiger partial charge in [-0.25, -0.2) is 19.3 Å². The Morgan fingerprint density at radius 1 is 1.13 bits per heavy atom. The van der Waals surface area contributed by atoms with Crippen molar-refractivity contribution < 1.29 is 36.6 Å². The summed E-state index contributed by atoms with van der Waals surface area (Å²) in [5.74, 6) is -3.92. The third-order valence-electron chi connectivity index (χ3n) is 7.89. The Morgan fingerprint density at radius 3 is 2.53 bits per heavy atom. The number of rotatable bonds is 9. The topological polar surface area (TPSA) is 129 Å². The van der Waals surface area contributed by atoms with Crippen LogP contribution in [0.4, 0.5) is 17.6 Å². The molecule has 1 saturated carbocycles. The number of halogens is 4. The number of nitrogens with zero attached hydrogens (tertiary/aromatic N) is 3. The van der Waals surface area contributed by atoms with E-state index < -0.39 is 47.4 Å². The van der Waals surface area contributed by atoms with Crippen LogP contribution in [0, 0.1) is 5.82 Å². The number of aromatic nitrogens is 3. The van der Waals surface area contributed by atoms with E-state index in [0.29, 0.717) is 17.0 Å². The molecule has 1 fully saturated rings. The zero-order valence-electron chi connectivity index (χ0n) is 23.9. The van der Waals surface area contributed by atoms with Crippen molar-refractivity contribution >= 4 is 11.8 Å². The molecule has 0 bridgehead atoms.